The van der Waals surface area contributed by atoms with Crippen LogP contribution in [-0.4, -0.2) is 14.2 Å². The number of halogens is 1. The van der Waals surface area contributed by atoms with Crippen LogP contribution in [0.25, 0.3) is 0 Å². The molecule has 1 fully saturated rings. The van der Waals surface area contributed by atoms with Crippen LogP contribution in [0.5, 0.6) is 0 Å². The first-order chi connectivity index (χ1) is 4.91. The fourth-order valence-corrected chi connectivity index (χ4v) is 2.91. The van der Waals surface area contributed by atoms with Gasteiger partial charge in [0.2, 0.25) is 0 Å². The Bertz CT molecular complexity index is 227. The smallest absolute Gasteiger partial charge is 0.195 e. The summed E-state index contributed by atoms with van der Waals surface area (Å²) in [5.74, 6) is -0.292. The van der Waals surface area contributed by atoms with Crippen LogP contribution in [0, 0.1) is 5.41 Å². The molecule has 1 aliphatic carbocycles. The van der Waals surface area contributed by atoms with E-state index in [1.54, 1.807) is 0 Å². The van der Waals surface area contributed by atoms with E-state index in [4.69, 9.17) is 0 Å². The molecule has 1 aliphatic rings. The topological polar surface area (TPSA) is 34.1 Å². The van der Waals surface area contributed by atoms with Gasteiger partial charge in [0, 0.05) is 0 Å². The number of hydrogen-bond donors (Lipinski definition) is 0. The Balaban J connectivity index is 2.60. The highest BCUT2D eigenvalue weighted by atomic mass is 32.3. The Morgan fingerprint density at radius 1 is 1.36 bits per heavy atom. The molecule has 0 N–H and O–H groups in total. The van der Waals surface area contributed by atoms with Gasteiger partial charge in [-0.15, -0.1) is 3.89 Å². The van der Waals surface area contributed by atoms with Crippen LogP contribution in [0.3, 0.4) is 0 Å². The third-order valence-corrected chi connectivity index (χ3v) is 3.37. The van der Waals surface area contributed by atoms with Crippen LogP contribution in [-0.2, 0) is 10.2 Å². The van der Waals surface area contributed by atoms with Gasteiger partial charge in [-0.05, 0) is 18.3 Å². The maximum Gasteiger partial charge on any atom is 0.302 e. The lowest BCUT2D eigenvalue weighted by Gasteiger charge is -2.19. The van der Waals surface area contributed by atoms with E-state index in [1.165, 1.54) is 0 Å². The Morgan fingerprint density at radius 2 is 1.82 bits per heavy atom. The fraction of sp³-hybridized carbons (Fsp3) is 1.00. The van der Waals surface area contributed by atoms with Crippen molar-refractivity contribution >= 4 is 10.2 Å². The van der Waals surface area contributed by atoms with Gasteiger partial charge < -0.3 is 0 Å². The van der Waals surface area contributed by atoms with Crippen molar-refractivity contribution in [2.24, 2.45) is 5.41 Å². The van der Waals surface area contributed by atoms with Crippen molar-refractivity contribution in [1.29, 1.82) is 0 Å². The summed E-state index contributed by atoms with van der Waals surface area (Å²) in [6.45, 7) is 1.84. The zero-order valence-electron chi connectivity index (χ0n) is 6.64. The highest BCUT2D eigenvalue weighted by molar-refractivity contribution is 7.86. The van der Waals surface area contributed by atoms with Crippen molar-refractivity contribution in [3.63, 3.8) is 0 Å². The second kappa shape index (κ2) is 2.73. The summed E-state index contributed by atoms with van der Waals surface area (Å²) < 4.78 is 32.9. The van der Waals surface area contributed by atoms with Crippen molar-refractivity contribution < 1.29 is 12.3 Å². The predicted octanol–water partition coefficient (Wildman–Crippen LogP) is 1.87. The molecule has 2 nitrogen and oxygen atoms in total. The van der Waals surface area contributed by atoms with Gasteiger partial charge in [-0.3, -0.25) is 0 Å². The average molecular weight is 180 g/mol. The van der Waals surface area contributed by atoms with Gasteiger partial charge in [0.05, 0.1) is 5.75 Å². The quantitative estimate of drug-likeness (QED) is 0.608. The van der Waals surface area contributed by atoms with E-state index in [1.807, 2.05) is 6.92 Å². The molecule has 0 aromatic heterocycles. The van der Waals surface area contributed by atoms with E-state index in [2.05, 4.69) is 0 Å². The summed E-state index contributed by atoms with van der Waals surface area (Å²) in [5, 5.41) is 0. The van der Waals surface area contributed by atoms with Crippen LogP contribution in [0.2, 0.25) is 0 Å². The third kappa shape index (κ3) is 2.77. The molecule has 11 heavy (non-hydrogen) atoms. The Labute approximate surface area is 67.0 Å². The third-order valence-electron chi connectivity index (χ3n) is 2.33. The summed E-state index contributed by atoms with van der Waals surface area (Å²) in [7, 11) is -4.27. The van der Waals surface area contributed by atoms with Gasteiger partial charge in [-0.2, -0.15) is 8.42 Å². The maximum atomic E-state index is 12.3. The van der Waals surface area contributed by atoms with Gasteiger partial charge in [-0.25, -0.2) is 0 Å². The highest BCUT2D eigenvalue weighted by Crippen LogP contribution is 2.38. The molecule has 0 unspecified atom stereocenters. The van der Waals surface area contributed by atoms with Crippen molar-refractivity contribution in [2.75, 3.05) is 5.75 Å². The molecule has 1 saturated carbocycles. The SMILES string of the molecule is CC1(CS(=O)(=O)F)CCCC1. The van der Waals surface area contributed by atoms with Gasteiger partial charge in [0.1, 0.15) is 0 Å². The van der Waals surface area contributed by atoms with E-state index in [9.17, 15) is 12.3 Å². The second-order valence-electron chi connectivity index (χ2n) is 3.70. The lowest BCUT2D eigenvalue weighted by atomic mass is 9.92. The molecule has 0 amide bonds. The first kappa shape index (κ1) is 8.97. The molecule has 0 spiro atoms. The van der Waals surface area contributed by atoms with Crippen LogP contribution in [0.4, 0.5) is 3.89 Å². The zero-order chi connectivity index (χ0) is 8.54. The van der Waals surface area contributed by atoms with E-state index >= 15 is 0 Å². The van der Waals surface area contributed by atoms with E-state index in [0.717, 1.165) is 25.7 Å². The molecule has 0 radical (unpaired) electrons. The Hall–Kier alpha value is -0.120. The molecule has 0 aromatic carbocycles. The molecule has 0 bridgehead atoms. The predicted molar refractivity (Wildman–Crippen MR) is 41.5 cm³/mol. The van der Waals surface area contributed by atoms with Crippen LogP contribution in [0.15, 0.2) is 0 Å². The summed E-state index contributed by atoms with van der Waals surface area (Å²) in [4.78, 5) is 0. The summed E-state index contributed by atoms with van der Waals surface area (Å²) >= 11 is 0. The minimum atomic E-state index is -4.27. The molecule has 1 rings (SSSR count). The van der Waals surface area contributed by atoms with E-state index in [-0.39, 0.29) is 11.2 Å². The van der Waals surface area contributed by atoms with Gasteiger partial charge in [-0.1, -0.05) is 19.8 Å². The molecular weight excluding hydrogens is 167 g/mol. The minimum Gasteiger partial charge on any atom is -0.195 e. The number of rotatable bonds is 2. The zero-order valence-corrected chi connectivity index (χ0v) is 7.45. The lowest BCUT2D eigenvalue weighted by molar-refractivity contribution is 0.375. The Kier molecular flexibility index (Phi) is 2.23. The van der Waals surface area contributed by atoms with Gasteiger partial charge in [0.25, 0.3) is 0 Å². The van der Waals surface area contributed by atoms with E-state index < -0.39 is 10.2 Å². The molecule has 0 aliphatic heterocycles. The monoisotopic (exact) mass is 180 g/mol. The van der Waals surface area contributed by atoms with Gasteiger partial charge in [0.15, 0.2) is 0 Å². The normalized spacial score (nSPS) is 23.8. The first-order valence-corrected chi connectivity index (χ1v) is 5.39. The van der Waals surface area contributed by atoms with Crippen molar-refractivity contribution in [3.05, 3.63) is 0 Å². The molecular formula is C7H13FO2S. The summed E-state index contributed by atoms with van der Waals surface area (Å²) in [6, 6.07) is 0. The molecule has 0 heterocycles. The minimum absolute atomic E-state index is 0.284. The average Bonchev–Trinajstić information content (AvgIpc) is 2.09. The molecule has 0 saturated heterocycles. The molecule has 4 heteroatoms. The largest absolute Gasteiger partial charge is 0.302 e. The van der Waals surface area contributed by atoms with Crippen LogP contribution in [0.1, 0.15) is 32.6 Å². The Morgan fingerprint density at radius 3 is 2.18 bits per heavy atom. The van der Waals surface area contributed by atoms with Crippen molar-refractivity contribution in [2.45, 2.75) is 32.6 Å². The van der Waals surface area contributed by atoms with Gasteiger partial charge >= 0.3 is 10.2 Å². The maximum absolute atomic E-state index is 12.3. The molecule has 66 valence electrons. The van der Waals surface area contributed by atoms with E-state index in [0.29, 0.717) is 0 Å². The van der Waals surface area contributed by atoms with Crippen molar-refractivity contribution in [1.82, 2.24) is 0 Å². The molecule has 0 atom stereocenters. The lowest BCUT2D eigenvalue weighted by Crippen LogP contribution is -2.21. The summed E-state index contributed by atoms with van der Waals surface area (Å²) in [5.41, 5.74) is -0.284. The van der Waals surface area contributed by atoms with Crippen LogP contribution < -0.4 is 0 Å². The summed E-state index contributed by atoms with van der Waals surface area (Å²) in [6.07, 6.45) is 3.75. The molecule has 0 aromatic rings. The first-order valence-electron chi connectivity index (χ1n) is 3.84. The second-order valence-corrected chi connectivity index (χ2v) is 5.07. The standard InChI is InChI=1S/C7H13FO2S/c1-7(4-2-3-5-7)6-11(8,9)10/h2-6H2,1H3. The van der Waals surface area contributed by atoms with Crippen LogP contribution >= 0.6 is 0 Å². The number of hydrogen-bond acceptors (Lipinski definition) is 2. The van der Waals surface area contributed by atoms with Crippen molar-refractivity contribution in [3.8, 4) is 0 Å². The highest BCUT2D eigenvalue weighted by Gasteiger charge is 2.33. The fourth-order valence-electron chi connectivity index (χ4n) is 1.79.